The molecule has 0 saturated carbocycles. The molecule has 0 aliphatic carbocycles. The number of hydrogen-bond acceptors (Lipinski definition) is 7. The van der Waals surface area contributed by atoms with Gasteiger partial charge in [0.05, 0.1) is 11.1 Å². The van der Waals surface area contributed by atoms with E-state index in [2.05, 4.69) is 9.84 Å². The van der Waals surface area contributed by atoms with Crippen LogP contribution in [0.1, 0.15) is 53.1 Å². The molecule has 2 aromatic carbocycles. The summed E-state index contributed by atoms with van der Waals surface area (Å²) in [5.74, 6) is -1.19. The van der Waals surface area contributed by atoms with E-state index >= 15 is 0 Å². The zero-order chi connectivity index (χ0) is 24.6. The van der Waals surface area contributed by atoms with Crippen LogP contribution in [0, 0.1) is 5.82 Å². The third-order valence-electron chi connectivity index (χ3n) is 5.04. The van der Waals surface area contributed by atoms with E-state index in [0.717, 1.165) is 12.1 Å². The van der Waals surface area contributed by atoms with Crippen molar-refractivity contribution in [2.75, 3.05) is 6.79 Å². The summed E-state index contributed by atoms with van der Waals surface area (Å²) < 4.78 is 40.3. The van der Waals surface area contributed by atoms with Gasteiger partial charge in [0.1, 0.15) is 23.3 Å². The van der Waals surface area contributed by atoms with Crippen LogP contribution < -0.4 is 14.9 Å². The Labute approximate surface area is 194 Å². The molecule has 33 heavy (non-hydrogen) atoms. The van der Waals surface area contributed by atoms with Crippen LogP contribution in [-0.2, 0) is 13.8 Å². The monoisotopic (exact) mass is 500 g/mol. The molecule has 1 unspecified atom stereocenters. The first-order chi connectivity index (χ1) is 15.3. The van der Waals surface area contributed by atoms with Gasteiger partial charge >= 0.3 is 0 Å². The molecule has 1 aliphatic rings. The molecule has 1 aliphatic heterocycles. The number of amides is 1. The summed E-state index contributed by atoms with van der Waals surface area (Å²) in [6.45, 7) is 3.80. The molecule has 0 bridgehead atoms. The normalized spacial score (nSPS) is 20.8. The molecular weight excluding hydrogens is 480 g/mol. The topological polar surface area (TPSA) is 134 Å². The molecule has 0 aromatic heterocycles. The minimum atomic E-state index is -5.07. The summed E-state index contributed by atoms with van der Waals surface area (Å²) >= 11 is 5.79. The number of halogens is 2. The van der Waals surface area contributed by atoms with Crippen LogP contribution in [0.15, 0.2) is 36.4 Å². The van der Waals surface area contributed by atoms with E-state index in [4.69, 9.17) is 26.0 Å². The number of rotatable bonds is 7. The van der Waals surface area contributed by atoms with Gasteiger partial charge in [-0.05, 0) is 57.2 Å². The largest absolute Gasteiger partial charge is 0.756 e. The van der Waals surface area contributed by atoms with Gasteiger partial charge in [0.25, 0.3) is 13.7 Å². The van der Waals surface area contributed by atoms with Gasteiger partial charge in [-0.2, -0.15) is 0 Å². The molecule has 0 saturated heterocycles. The molecule has 178 valence electrons. The van der Waals surface area contributed by atoms with E-state index in [-0.39, 0.29) is 16.4 Å². The standard InChI is InChI=1S/C21H22ClFNO8P/c1-11(25)12-5-7-17-14(8-12)18(24-20(26)13-4-6-16(23)15(22)9-13)19(21(2,3)32-17)30-10-31-33(27,28)29/h4-9,18-19H,10H2,1-3H3,(H,24,26)(H2,27,28,29)/p-1/t18-,19+/m0/s1. The van der Waals surface area contributed by atoms with Crippen molar-refractivity contribution in [2.24, 2.45) is 0 Å². The first-order valence-electron chi connectivity index (χ1n) is 9.68. The highest BCUT2D eigenvalue weighted by Gasteiger charge is 2.46. The highest BCUT2D eigenvalue weighted by molar-refractivity contribution is 7.44. The number of hydrogen-bond donors (Lipinski definition) is 2. The predicted octanol–water partition coefficient (Wildman–Crippen LogP) is 3.14. The number of carbonyl (C=O) groups is 2. The Morgan fingerprint density at radius 1 is 1.27 bits per heavy atom. The Bertz CT molecular complexity index is 1140. The summed E-state index contributed by atoms with van der Waals surface area (Å²) in [5, 5.41) is 2.51. The van der Waals surface area contributed by atoms with Gasteiger partial charge < -0.3 is 24.6 Å². The third-order valence-corrected chi connectivity index (χ3v) is 5.77. The van der Waals surface area contributed by atoms with Crippen LogP contribution in [0.5, 0.6) is 5.75 Å². The second-order valence-corrected chi connectivity index (χ2v) is 9.50. The number of benzene rings is 2. The zero-order valence-electron chi connectivity index (χ0n) is 17.8. The smallest absolute Gasteiger partial charge is 0.267 e. The van der Waals surface area contributed by atoms with E-state index in [1.54, 1.807) is 26.0 Å². The third kappa shape index (κ3) is 5.97. The molecule has 0 spiro atoms. The van der Waals surface area contributed by atoms with Gasteiger partial charge in [0.2, 0.25) is 0 Å². The average molecular weight is 501 g/mol. The fourth-order valence-corrected chi connectivity index (χ4v) is 3.87. The van der Waals surface area contributed by atoms with Gasteiger partial charge in [0, 0.05) is 16.7 Å². The van der Waals surface area contributed by atoms with Crippen LogP contribution in [-0.4, -0.2) is 35.1 Å². The fourth-order valence-electron chi connectivity index (χ4n) is 3.49. The number of carbonyl (C=O) groups excluding carboxylic acids is 2. The Kier molecular flexibility index (Phi) is 7.28. The van der Waals surface area contributed by atoms with Crippen molar-refractivity contribution >= 4 is 31.1 Å². The lowest BCUT2D eigenvalue weighted by atomic mass is 9.85. The summed E-state index contributed by atoms with van der Waals surface area (Å²) in [6.07, 6.45) is -1.03. The van der Waals surface area contributed by atoms with E-state index < -0.39 is 44.1 Å². The molecule has 1 amide bonds. The first-order valence-corrected chi connectivity index (χ1v) is 11.6. The van der Waals surface area contributed by atoms with Crippen molar-refractivity contribution in [3.8, 4) is 5.75 Å². The van der Waals surface area contributed by atoms with Crippen LogP contribution in [0.3, 0.4) is 0 Å². The second kappa shape index (κ2) is 9.50. The van der Waals surface area contributed by atoms with Gasteiger partial charge in [0.15, 0.2) is 12.6 Å². The molecule has 12 heteroatoms. The number of Topliss-reactive ketones (excluding diaryl/α,β-unsaturated/α-hetero) is 1. The highest BCUT2D eigenvalue weighted by atomic mass is 35.5. The Morgan fingerprint density at radius 3 is 2.55 bits per heavy atom. The van der Waals surface area contributed by atoms with Gasteiger partial charge in [-0.1, -0.05) is 11.6 Å². The van der Waals surface area contributed by atoms with Crippen LogP contribution in [0.4, 0.5) is 4.39 Å². The highest BCUT2D eigenvalue weighted by Crippen LogP contribution is 2.42. The van der Waals surface area contributed by atoms with E-state index in [0.29, 0.717) is 16.9 Å². The maximum absolute atomic E-state index is 13.5. The molecule has 3 atom stereocenters. The van der Waals surface area contributed by atoms with Gasteiger partial charge in [-0.15, -0.1) is 0 Å². The second-order valence-electron chi connectivity index (χ2n) is 7.90. The van der Waals surface area contributed by atoms with E-state index in [1.165, 1.54) is 19.1 Å². The number of ketones is 1. The number of phosphoric ester groups is 1. The van der Waals surface area contributed by atoms with E-state index in [9.17, 15) is 23.4 Å². The summed E-state index contributed by atoms with van der Waals surface area (Å²) in [4.78, 5) is 44.7. The minimum absolute atomic E-state index is 0.0596. The first kappa shape index (κ1) is 25.3. The van der Waals surface area contributed by atoms with E-state index in [1.807, 2.05) is 0 Å². The van der Waals surface area contributed by atoms with Crippen molar-refractivity contribution in [3.05, 3.63) is 63.9 Å². The minimum Gasteiger partial charge on any atom is -0.756 e. The SMILES string of the molecule is CC(=O)c1ccc2c(c1)[C@H](NC(=O)c1ccc(F)c(Cl)c1)[C@@H](OCOP(=O)([O-])O)C(C)(C)O2. The van der Waals surface area contributed by atoms with Gasteiger partial charge in [-0.25, -0.2) is 4.39 Å². The molecule has 9 nitrogen and oxygen atoms in total. The Hall–Kier alpha value is -2.33. The van der Waals surface area contributed by atoms with Crippen LogP contribution >= 0.6 is 19.4 Å². The fraction of sp³-hybridized carbons (Fsp3) is 0.333. The van der Waals surface area contributed by atoms with Crippen LogP contribution in [0.25, 0.3) is 0 Å². The predicted molar refractivity (Wildman–Crippen MR) is 113 cm³/mol. The zero-order valence-corrected chi connectivity index (χ0v) is 19.5. The maximum Gasteiger partial charge on any atom is 0.267 e. The number of phosphoric acid groups is 1. The Morgan fingerprint density at radius 2 is 1.94 bits per heavy atom. The van der Waals surface area contributed by atoms with Crippen molar-refractivity contribution in [3.63, 3.8) is 0 Å². The molecule has 2 N–H and O–H groups in total. The lowest BCUT2D eigenvalue weighted by molar-refractivity contribution is -0.234. The summed E-state index contributed by atoms with van der Waals surface area (Å²) in [6, 6.07) is 7.16. The molecule has 1 heterocycles. The summed E-state index contributed by atoms with van der Waals surface area (Å²) in [5.41, 5.74) is -0.322. The average Bonchev–Trinajstić information content (AvgIpc) is 2.70. The van der Waals surface area contributed by atoms with Crippen molar-refractivity contribution in [1.29, 1.82) is 0 Å². The molecular formula is C21H21ClFNO8P-. The van der Waals surface area contributed by atoms with Gasteiger partial charge in [-0.3, -0.25) is 18.7 Å². The lowest BCUT2D eigenvalue weighted by Gasteiger charge is -2.44. The van der Waals surface area contributed by atoms with Crippen molar-refractivity contribution in [1.82, 2.24) is 5.32 Å². The molecule has 0 radical (unpaired) electrons. The molecule has 3 rings (SSSR count). The van der Waals surface area contributed by atoms with Crippen LogP contribution in [0.2, 0.25) is 5.02 Å². The van der Waals surface area contributed by atoms with Crippen molar-refractivity contribution in [2.45, 2.75) is 38.5 Å². The number of fused-ring (bicyclic) bond motifs is 1. The lowest BCUT2D eigenvalue weighted by Crippen LogP contribution is -2.55. The number of nitrogens with one attached hydrogen (secondary N) is 1. The quantitative estimate of drug-likeness (QED) is 0.336. The molecule has 0 fully saturated rings. The maximum atomic E-state index is 13.5. The Balaban J connectivity index is 2.01. The molecule has 2 aromatic rings. The summed E-state index contributed by atoms with van der Waals surface area (Å²) in [7, 11) is -5.07. The van der Waals surface area contributed by atoms with Crippen molar-refractivity contribution < 1.29 is 42.3 Å². The number of ether oxygens (including phenoxy) is 2.